The first-order valence-electron chi connectivity index (χ1n) is 13.3. The molecule has 2 aromatic carbocycles. The lowest BCUT2D eigenvalue weighted by Crippen LogP contribution is -2.32. The first-order valence-corrected chi connectivity index (χ1v) is 13.3. The number of aromatic carboxylic acids is 1. The number of hydrogen-bond donors (Lipinski definition) is 1. The second-order valence-electron chi connectivity index (χ2n) is 9.94. The Bertz CT molecular complexity index is 1920. The van der Waals surface area contributed by atoms with E-state index in [9.17, 15) is 18.7 Å². The summed E-state index contributed by atoms with van der Waals surface area (Å²) in [5, 5.41) is 18.3. The average molecular weight is 586 g/mol. The van der Waals surface area contributed by atoms with E-state index in [2.05, 4.69) is 15.0 Å². The number of benzene rings is 2. The number of carbonyl (C=O) groups is 1. The van der Waals surface area contributed by atoms with Gasteiger partial charge in [-0.25, -0.2) is 32.9 Å². The van der Waals surface area contributed by atoms with Crippen molar-refractivity contribution in [2.45, 2.75) is 32.1 Å². The van der Waals surface area contributed by atoms with Crippen LogP contribution in [-0.4, -0.2) is 43.3 Å². The normalized spacial score (nSPS) is 14.3. The third-order valence-electron chi connectivity index (χ3n) is 7.13. The number of pyridine rings is 2. The zero-order valence-corrected chi connectivity index (χ0v) is 22.4. The SMILES string of the molecule is N#Cc1ccc(COc2nc(-c3ccc(Cc4nc5ccc(C(=O)O)nc5n4CC4CCO4)c(F)c3)ccc2F)c(F)c1. The van der Waals surface area contributed by atoms with Gasteiger partial charge in [-0.3, -0.25) is 0 Å². The monoisotopic (exact) mass is 585 g/mol. The number of nitrogens with zero attached hydrogens (tertiary/aromatic N) is 5. The number of carboxylic acids is 1. The summed E-state index contributed by atoms with van der Waals surface area (Å²) in [6.07, 6.45) is 0.853. The lowest BCUT2D eigenvalue weighted by Gasteiger charge is -2.27. The molecule has 43 heavy (non-hydrogen) atoms. The summed E-state index contributed by atoms with van der Waals surface area (Å²) >= 11 is 0. The van der Waals surface area contributed by atoms with Gasteiger partial charge in [0.25, 0.3) is 5.88 Å². The lowest BCUT2D eigenvalue weighted by molar-refractivity contribution is -0.0590. The van der Waals surface area contributed by atoms with E-state index in [4.69, 9.17) is 14.7 Å². The standard InChI is InChI=1S/C31H22F3N5O4/c32-22-5-6-25(38-30(22)43-16-20-2-1-17(14-35)11-23(20)33)19-4-3-18(24(34)12-19)13-28-36-26-7-8-27(31(40)41)37-29(26)39(28)15-21-9-10-42-21/h1-8,11-12,21H,9-10,13,15-16H2,(H,40,41). The van der Waals surface area contributed by atoms with E-state index in [0.29, 0.717) is 41.3 Å². The van der Waals surface area contributed by atoms with Crippen LogP contribution >= 0.6 is 0 Å². The van der Waals surface area contributed by atoms with Gasteiger partial charge in [0.05, 0.1) is 30.0 Å². The Labute approximate surface area is 242 Å². The average Bonchev–Trinajstić information content (AvgIpc) is 3.31. The van der Waals surface area contributed by atoms with E-state index < -0.39 is 23.4 Å². The van der Waals surface area contributed by atoms with Gasteiger partial charge in [0.1, 0.15) is 29.6 Å². The molecule has 0 bridgehead atoms. The van der Waals surface area contributed by atoms with E-state index in [1.807, 2.05) is 6.07 Å². The molecule has 0 saturated carbocycles. The molecule has 5 aromatic rings. The highest BCUT2D eigenvalue weighted by Crippen LogP contribution is 2.27. The number of ether oxygens (including phenoxy) is 2. The van der Waals surface area contributed by atoms with Crippen molar-refractivity contribution in [3.63, 3.8) is 0 Å². The zero-order valence-electron chi connectivity index (χ0n) is 22.4. The summed E-state index contributed by atoms with van der Waals surface area (Å²) < 4.78 is 56.8. The fourth-order valence-corrected chi connectivity index (χ4v) is 4.71. The molecule has 0 amide bonds. The molecular weight excluding hydrogens is 563 g/mol. The summed E-state index contributed by atoms with van der Waals surface area (Å²) in [5.41, 5.74) is 1.93. The van der Waals surface area contributed by atoms with Crippen LogP contribution in [0.25, 0.3) is 22.4 Å². The van der Waals surface area contributed by atoms with Crippen LogP contribution in [0.4, 0.5) is 13.2 Å². The van der Waals surface area contributed by atoms with E-state index in [1.165, 1.54) is 30.3 Å². The number of fused-ring (bicyclic) bond motifs is 1. The van der Waals surface area contributed by atoms with Crippen LogP contribution in [0.1, 0.15) is 39.4 Å². The predicted octanol–water partition coefficient (Wildman–Crippen LogP) is 5.44. The Morgan fingerprint density at radius 1 is 1.00 bits per heavy atom. The van der Waals surface area contributed by atoms with Crippen LogP contribution in [0, 0.1) is 28.8 Å². The summed E-state index contributed by atoms with van der Waals surface area (Å²) in [6, 6.07) is 15.6. The van der Waals surface area contributed by atoms with Crippen LogP contribution in [0.15, 0.2) is 60.7 Å². The van der Waals surface area contributed by atoms with Crippen LogP contribution < -0.4 is 4.74 Å². The number of aromatic nitrogens is 4. The molecule has 0 aliphatic carbocycles. The molecule has 3 aromatic heterocycles. The third kappa shape index (κ3) is 5.75. The minimum absolute atomic E-state index is 0.0759. The van der Waals surface area contributed by atoms with Gasteiger partial charge in [-0.15, -0.1) is 0 Å². The van der Waals surface area contributed by atoms with Crippen molar-refractivity contribution in [1.82, 2.24) is 19.5 Å². The quantitative estimate of drug-likeness (QED) is 0.243. The van der Waals surface area contributed by atoms with Crippen molar-refractivity contribution >= 4 is 17.1 Å². The van der Waals surface area contributed by atoms with Crippen molar-refractivity contribution in [3.05, 3.63) is 106 Å². The number of nitriles is 1. The predicted molar refractivity (Wildman–Crippen MR) is 147 cm³/mol. The molecule has 1 unspecified atom stereocenters. The van der Waals surface area contributed by atoms with Crippen molar-refractivity contribution in [2.75, 3.05) is 6.61 Å². The van der Waals surface area contributed by atoms with Crippen LogP contribution in [0.2, 0.25) is 0 Å². The number of halogens is 3. The molecule has 4 heterocycles. The maximum Gasteiger partial charge on any atom is 0.354 e. The molecular formula is C31H22F3N5O4. The molecule has 1 aliphatic rings. The summed E-state index contributed by atoms with van der Waals surface area (Å²) in [6.45, 7) is 0.706. The molecule has 216 valence electrons. The Balaban J connectivity index is 1.25. The maximum atomic E-state index is 15.4. The van der Waals surface area contributed by atoms with Crippen molar-refractivity contribution in [3.8, 4) is 23.2 Å². The minimum Gasteiger partial charge on any atom is -0.477 e. The molecule has 0 spiro atoms. The molecule has 9 nitrogen and oxygen atoms in total. The second kappa shape index (κ2) is 11.5. The molecule has 1 fully saturated rings. The number of rotatable bonds is 9. The van der Waals surface area contributed by atoms with E-state index >= 15 is 4.39 Å². The van der Waals surface area contributed by atoms with Crippen molar-refractivity contribution < 1.29 is 32.5 Å². The summed E-state index contributed by atoms with van der Waals surface area (Å²) in [5.74, 6) is -3.04. The first-order chi connectivity index (χ1) is 20.8. The van der Waals surface area contributed by atoms with Crippen LogP contribution in [-0.2, 0) is 24.3 Å². The third-order valence-corrected chi connectivity index (χ3v) is 7.13. The van der Waals surface area contributed by atoms with Gasteiger partial charge < -0.3 is 19.1 Å². The van der Waals surface area contributed by atoms with Gasteiger partial charge in [0, 0.05) is 24.2 Å². The molecule has 6 rings (SSSR count). The van der Waals surface area contributed by atoms with Gasteiger partial charge in [0.15, 0.2) is 17.2 Å². The van der Waals surface area contributed by atoms with Gasteiger partial charge in [0.2, 0.25) is 0 Å². The van der Waals surface area contributed by atoms with E-state index in [1.54, 1.807) is 22.8 Å². The van der Waals surface area contributed by atoms with Gasteiger partial charge >= 0.3 is 5.97 Å². The fourth-order valence-electron chi connectivity index (χ4n) is 4.71. The lowest BCUT2D eigenvalue weighted by atomic mass is 10.0. The molecule has 12 heteroatoms. The maximum absolute atomic E-state index is 15.4. The summed E-state index contributed by atoms with van der Waals surface area (Å²) in [4.78, 5) is 24.5. The summed E-state index contributed by atoms with van der Waals surface area (Å²) in [7, 11) is 0. The Morgan fingerprint density at radius 2 is 1.79 bits per heavy atom. The molecule has 0 radical (unpaired) electrons. The minimum atomic E-state index is -1.16. The van der Waals surface area contributed by atoms with Crippen LogP contribution in [0.3, 0.4) is 0 Å². The van der Waals surface area contributed by atoms with Crippen molar-refractivity contribution in [2.24, 2.45) is 0 Å². The Kier molecular flexibility index (Phi) is 7.48. The molecule has 1 saturated heterocycles. The number of hydrogen-bond acceptors (Lipinski definition) is 7. The fraction of sp³-hybridized carbons (Fsp3) is 0.194. The highest BCUT2D eigenvalue weighted by Gasteiger charge is 2.24. The molecule has 1 N–H and O–H groups in total. The smallest absolute Gasteiger partial charge is 0.354 e. The topological polar surface area (TPSA) is 123 Å². The van der Waals surface area contributed by atoms with E-state index in [0.717, 1.165) is 18.6 Å². The Hall–Kier alpha value is -5.28. The van der Waals surface area contributed by atoms with E-state index in [-0.39, 0.29) is 47.5 Å². The number of imidazole rings is 1. The highest BCUT2D eigenvalue weighted by atomic mass is 19.1. The van der Waals surface area contributed by atoms with Gasteiger partial charge in [-0.05, 0) is 54.4 Å². The highest BCUT2D eigenvalue weighted by molar-refractivity contribution is 5.88. The largest absolute Gasteiger partial charge is 0.477 e. The molecule has 1 aliphatic heterocycles. The van der Waals surface area contributed by atoms with Gasteiger partial charge in [-0.2, -0.15) is 5.26 Å². The first kappa shape index (κ1) is 27.9. The second-order valence-corrected chi connectivity index (χ2v) is 9.94. The van der Waals surface area contributed by atoms with Crippen LogP contribution in [0.5, 0.6) is 5.88 Å². The van der Waals surface area contributed by atoms with Gasteiger partial charge in [-0.1, -0.05) is 18.2 Å². The molecule has 1 atom stereocenters. The van der Waals surface area contributed by atoms with Crippen molar-refractivity contribution in [1.29, 1.82) is 5.26 Å². The zero-order chi connectivity index (χ0) is 30.1. The number of carboxylic acid groups (broad SMARTS) is 1. The Morgan fingerprint density at radius 3 is 2.49 bits per heavy atom.